The number of halogens is 1. The van der Waals surface area contributed by atoms with Crippen molar-refractivity contribution >= 4 is 51.6 Å². The summed E-state index contributed by atoms with van der Waals surface area (Å²) in [6.07, 6.45) is 0.621. The average Bonchev–Trinajstić information content (AvgIpc) is 2.73. The average molecular weight is 460 g/mol. The third-order valence-corrected chi connectivity index (χ3v) is 4.35. The van der Waals surface area contributed by atoms with Gasteiger partial charge in [-0.2, -0.15) is 4.90 Å². The van der Waals surface area contributed by atoms with Crippen molar-refractivity contribution in [1.29, 1.82) is 0 Å². The Bertz CT molecular complexity index is 840. The monoisotopic (exact) mass is 460 g/mol. The molecule has 0 spiro atoms. The lowest BCUT2D eigenvalue weighted by Gasteiger charge is -2.28. The first-order valence-corrected chi connectivity index (χ1v) is 8.61. The van der Waals surface area contributed by atoms with Crippen molar-refractivity contribution < 1.29 is 24.2 Å². The molecule has 0 unspecified atom stereocenters. The molecule has 2 amide bonds. The maximum absolute atomic E-state index is 12.4. The molecule has 0 saturated carbocycles. The Morgan fingerprint density at radius 1 is 1.40 bits per heavy atom. The predicted octanol–water partition coefficient (Wildman–Crippen LogP) is 3.03. The number of hydrogen-bond donors (Lipinski definition) is 1. The quantitative estimate of drug-likeness (QED) is 0.687. The lowest BCUT2D eigenvalue weighted by Crippen LogP contribution is -2.41. The van der Waals surface area contributed by atoms with Crippen LogP contribution in [-0.2, 0) is 9.47 Å². The minimum absolute atomic E-state index is 0.0184. The Balaban J connectivity index is 2.10. The second-order valence-corrected chi connectivity index (χ2v) is 7.73. The van der Waals surface area contributed by atoms with E-state index in [0.717, 1.165) is 3.57 Å². The molecule has 25 heavy (non-hydrogen) atoms. The molecule has 3 heterocycles. The molecule has 1 saturated heterocycles. The summed E-state index contributed by atoms with van der Waals surface area (Å²) in [5.74, 6) is -0.0184. The zero-order valence-electron chi connectivity index (χ0n) is 13.9. The Hall–Kier alpha value is -1.95. The molecule has 134 valence electrons. The summed E-state index contributed by atoms with van der Waals surface area (Å²) >= 11 is 2.07. The highest BCUT2D eigenvalue weighted by atomic mass is 127. The van der Waals surface area contributed by atoms with Crippen LogP contribution in [0.5, 0.6) is 0 Å². The van der Waals surface area contributed by atoms with Crippen molar-refractivity contribution in [1.82, 2.24) is 14.5 Å². The molecule has 1 aliphatic heterocycles. The van der Waals surface area contributed by atoms with Gasteiger partial charge in [0.1, 0.15) is 17.6 Å². The first-order chi connectivity index (χ1) is 11.7. The number of rotatable bonds is 2. The van der Waals surface area contributed by atoms with E-state index in [9.17, 15) is 14.7 Å². The van der Waals surface area contributed by atoms with Crippen molar-refractivity contribution in [3.8, 4) is 0 Å². The number of amides is 2. The van der Waals surface area contributed by atoms with Gasteiger partial charge in [0.15, 0.2) is 5.82 Å². The van der Waals surface area contributed by atoms with Gasteiger partial charge < -0.3 is 19.1 Å². The maximum atomic E-state index is 12.4. The smallest absolute Gasteiger partial charge is 0.425 e. The summed E-state index contributed by atoms with van der Waals surface area (Å²) in [5.41, 5.74) is -0.281. The molecular formula is C15H17IN4O5. The highest BCUT2D eigenvalue weighted by Gasteiger charge is 2.33. The molecule has 2 aromatic rings. The molecule has 10 heteroatoms. The molecule has 0 aromatic carbocycles. The van der Waals surface area contributed by atoms with Crippen LogP contribution in [0.1, 0.15) is 26.8 Å². The summed E-state index contributed by atoms with van der Waals surface area (Å²) < 4.78 is 13.1. The van der Waals surface area contributed by atoms with Crippen molar-refractivity contribution in [2.45, 2.75) is 32.4 Å². The molecular weight excluding hydrogens is 443 g/mol. The number of carbonyl (C=O) groups is 2. The molecule has 0 aliphatic carbocycles. The van der Waals surface area contributed by atoms with Gasteiger partial charge in [-0.3, -0.25) is 0 Å². The van der Waals surface area contributed by atoms with E-state index in [0.29, 0.717) is 29.1 Å². The summed E-state index contributed by atoms with van der Waals surface area (Å²) in [6, 6.07) is 0.133. The van der Waals surface area contributed by atoms with Crippen LogP contribution in [0.3, 0.4) is 0 Å². The summed E-state index contributed by atoms with van der Waals surface area (Å²) in [5, 5.41) is 10.0. The topological polar surface area (TPSA) is 107 Å². The van der Waals surface area contributed by atoms with E-state index >= 15 is 0 Å². The minimum atomic E-state index is -1.47. The predicted molar refractivity (Wildman–Crippen MR) is 96.8 cm³/mol. The summed E-state index contributed by atoms with van der Waals surface area (Å²) in [4.78, 5) is 32.9. The normalized spacial score (nSPS) is 15.0. The van der Waals surface area contributed by atoms with E-state index in [2.05, 4.69) is 32.6 Å². The van der Waals surface area contributed by atoms with E-state index < -0.39 is 17.8 Å². The standard InChI is InChI=1S/C15H17IN4O5/c1-15(2,3)25-14(23)20(13(21)22)12-10-9(16)4-19(8-5-24-6-8)11(10)17-7-18-12/h4,7-8H,5-6H2,1-3H3,(H,21,22). The van der Waals surface area contributed by atoms with Gasteiger partial charge in [-0.1, -0.05) is 0 Å². The number of ether oxygens (including phenoxy) is 2. The largest absolute Gasteiger partial charge is 0.464 e. The third kappa shape index (κ3) is 3.40. The van der Waals surface area contributed by atoms with E-state index in [4.69, 9.17) is 9.47 Å². The van der Waals surface area contributed by atoms with Gasteiger partial charge in [0.2, 0.25) is 0 Å². The van der Waals surface area contributed by atoms with Crippen LogP contribution in [0.25, 0.3) is 11.0 Å². The zero-order valence-corrected chi connectivity index (χ0v) is 16.1. The van der Waals surface area contributed by atoms with Crippen LogP contribution >= 0.6 is 22.6 Å². The molecule has 1 fully saturated rings. The van der Waals surface area contributed by atoms with Gasteiger partial charge in [-0.05, 0) is 43.4 Å². The van der Waals surface area contributed by atoms with Crippen LogP contribution in [0.2, 0.25) is 0 Å². The number of aromatic nitrogens is 3. The fourth-order valence-electron chi connectivity index (χ4n) is 2.42. The van der Waals surface area contributed by atoms with Crippen LogP contribution < -0.4 is 4.90 Å². The van der Waals surface area contributed by atoms with E-state index in [-0.39, 0.29) is 11.9 Å². The van der Waals surface area contributed by atoms with Gasteiger partial charge in [-0.15, -0.1) is 0 Å². The van der Waals surface area contributed by atoms with Gasteiger partial charge in [0.25, 0.3) is 0 Å². The molecule has 2 aromatic heterocycles. The highest BCUT2D eigenvalue weighted by molar-refractivity contribution is 14.1. The number of carboxylic acid groups (broad SMARTS) is 1. The Morgan fingerprint density at radius 2 is 2.08 bits per heavy atom. The molecule has 0 bridgehead atoms. The van der Waals surface area contributed by atoms with Crippen LogP contribution in [0.4, 0.5) is 15.4 Å². The Morgan fingerprint density at radius 3 is 2.60 bits per heavy atom. The second kappa shape index (κ2) is 6.41. The van der Waals surface area contributed by atoms with Crippen molar-refractivity contribution in [3.63, 3.8) is 0 Å². The maximum Gasteiger partial charge on any atom is 0.425 e. The van der Waals surface area contributed by atoms with Crippen molar-refractivity contribution in [3.05, 3.63) is 16.1 Å². The van der Waals surface area contributed by atoms with E-state index in [1.807, 2.05) is 10.8 Å². The summed E-state index contributed by atoms with van der Waals surface area (Å²) in [7, 11) is 0. The Labute approximate surface area is 157 Å². The molecule has 0 atom stereocenters. The fraction of sp³-hybridized carbons (Fsp3) is 0.467. The second-order valence-electron chi connectivity index (χ2n) is 6.57. The molecule has 0 radical (unpaired) electrons. The van der Waals surface area contributed by atoms with Gasteiger partial charge in [-0.25, -0.2) is 19.6 Å². The number of nitrogens with zero attached hydrogens (tertiary/aromatic N) is 4. The fourth-order valence-corrected chi connectivity index (χ4v) is 3.20. The molecule has 1 aliphatic rings. The number of hydrogen-bond acceptors (Lipinski definition) is 6. The zero-order chi connectivity index (χ0) is 18.4. The van der Waals surface area contributed by atoms with Crippen molar-refractivity contribution in [2.24, 2.45) is 0 Å². The number of anilines is 1. The molecule has 3 rings (SSSR count). The highest BCUT2D eigenvalue weighted by Crippen LogP contribution is 2.33. The van der Waals surface area contributed by atoms with Crippen molar-refractivity contribution in [2.75, 3.05) is 18.1 Å². The van der Waals surface area contributed by atoms with Gasteiger partial charge in [0.05, 0.1) is 24.6 Å². The van der Waals surface area contributed by atoms with Gasteiger partial charge in [0, 0.05) is 9.77 Å². The van der Waals surface area contributed by atoms with Crippen LogP contribution in [0, 0.1) is 3.57 Å². The van der Waals surface area contributed by atoms with Crippen LogP contribution in [0.15, 0.2) is 12.5 Å². The first kappa shape index (κ1) is 17.9. The summed E-state index contributed by atoms with van der Waals surface area (Å²) in [6.45, 7) is 6.12. The lowest BCUT2D eigenvalue weighted by molar-refractivity contribution is -0.0216. The van der Waals surface area contributed by atoms with Gasteiger partial charge >= 0.3 is 12.2 Å². The number of imide groups is 1. The number of carbonyl (C=O) groups excluding carboxylic acids is 1. The first-order valence-electron chi connectivity index (χ1n) is 7.54. The lowest BCUT2D eigenvalue weighted by atomic mass is 10.2. The Kier molecular flexibility index (Phi) is 4.58. The molecule has 1 N–H and O–H groups in total. The van der Waals surface area contributed by atoms with E-state index in [1.54, 1.807) is 20.8 Å². The van der Waals surface area contributed by atoms with Crippen LogP contribution in [-0.4, -0.2) is 50.6 Å². The minimum Gasteiger partial charge on any atom is -0.464 e. The third-order valence-electron chi connectivity index (χ3n) is 3.54. The number of fused-ring (bicyclic) bond motifs is 1. The SMILES string of the molecule is CC(C)(C)OC(=O)N(C(=O)O)c1ncnc2c1c(I)cn2C1COC1. The van der Waals surface area contributed by atoms with E-state index in [1.165, 1.54) is 6.33 Å². The molecule has 9 nitrogen and oxygen atoms in total.